The molecule has 2 aromatic heterocycles. The van der Waals surface area contributed by atoms with E-state index >= 15 is 0 Å². The highest BCUT2D eigenvalue weighted by Gasteiger charge is 2.14. The Hall–Kier alpha value is -2.93. The van der Waals surface area contributed by atoms with Crippen molar-refractivity contribution in [2.75, 3.05) is 6.61 Å². The molecule has 0 saturated heterocycles. The van der Waals surface area contributed by atoms with Crippen LogP contribution in [0.5, 0.6) is 0 Å². The molecule has 0 spiro atoms. The number of nitrogens with zero attached hydrogens (tertiary/aromatic N) is 3. The van der Waals surface area contributed by atoms with Gasteiger partial charge in [0.2, 0.25) is 0 Å². The molecular weight excluding hydrogens is 437 g/mol. The Morgan fingerprint density at radius 2 is 2.03 bits per heavy atom. The third-order valence-corrected chi connectivity index (χ3v) is 5.79. The van der Waals surface area contributed by atoms with Crippen LogP contribution in [0.2, 0.25) is 10.0 Å². The smallest absolute Gasteiger partial charge is 0.305 e. The topological polar surface area (TPSA) is 77.2 Å². The average molecular weight is 456 g/mol. The number of pyridine rings is 1. The normalized spacial score (nSPS) is 11.2. The molecule has 0 aliphatic heterocycles. The van der Waals surface area contributed by atoms with Gasteiger partial charge < -0.3 is 14.4 Å². The van der Waals surface area contributed by atoms with Crippen LogP contribution in [0.1, 0.15) is 17.5 Å². The average Bonchev–Trinajstić information content (AvgIpc) is 3.29. The number of imidazole rings is 1. The van der Waals surface area contributed by atoms with Crippen LogP contribution < -0.4 is 0 Å². The van der Waals surface area contributed by atoms with Crippen LogP contribution in [-0.4, -0.2) is 32.2 Å². The lowest BCUT2D eigenvalue weighted by atomic mass is 10.0. The first-order valence-corrected chi connectivity index (χ1v) is 10.4. The number of carbonyl (C=O) groups is 1. The fourth-order valence-corrected chi connectivity index (χ4v) is 3.67. The third kappa shape index (κ3) is 4.56. The fraction of sp³-hybridized carbons (Fsp3) is 0.174. The summed E-state index contributed by atoms with van der Waals surface area (Å²) in [6.07, 6.45) is 5.26. The first kappa shape index (κ1) is 21.3. The Kier molecular flexibility index (Phi) is 6.23. The molecule has 0 bridgehead atoms. The van der Waals surface area contributed by atoms with Gasteiger partial charge >= 0.3 is 5.97 Å². The molecule has 0 amide bonds. The summed E-state index contributed by atoms with van der Waals surface area (Å²) in [5.41, 5.74) is 5.13. The predicted octanol–water partition coefficient (Wildman–Crippen LogP) is 5.69. The van der Waals surface area contributed by atoms with Crippen molar-refractivity contribution in [1.29, 1.82) is 0 Å². The minimum absolute atomic E-state index is 0.0293. The van der Waals surface area contributed by atoms with Gasteiger partial charge in [0.15, 0.2) is 0 Å². The Bertz CT molecular complexity index is 1260. The third-order valence-electron chi connectivity index (χ3n) is 5.00. The van der Waals surface area contributed by atoms with Crippen LogP contribution in [0.15, 0.2) is 55.1 Å². The molecule has 1 N–H and O–H groups in total. The summed E-state index contributed by atoms with van der Waals surface area (Å²) in [7, 11) is 0. The molecule has 0 fully saturated rings. The lowest BCUT2D eigenvalue weighted by Crippen LogP contribution is -2.03. The van der Waals surface area contributed by atoms with Crippen molar-refractivity contribution in [1.82, 2.24) is 14.5 Å². The van der Waals surface area contributed by atoms with Gasteiger partial charge in [-0.15, -0.1) is 0 Å². The van der Waals surface area contributed by atoms with Crippen LogP contribution in [0, 0.1) is 6.92 Å². The van der Waals surface area contributed by atoms with E-state index in [2.05, 4.69) is 4.98 Å². The first-order chi connectivity index (χ1) is 14.9. The number of benzene rings is 2. The van der Waals surface area contributed by atoms with Crippen molar-refractivity contribution in [2.45, 2.75) is 20.0 Å². The molecule has 2 heterocycles. The first-order valence-electron chi connectivity index (χ1n) is 9.60. The lowest BCUT2D eigenvalue weighted by Gasteiger charge is -2.14. The Morgan fingerprint density at radius 3 is 2.77 bits per heavy atom. The number of hydrogen-bond donors (Lipinski definition) is 1. The second-order valence-corrected chi connectivity index (χ2v) is 7.88. The molecule has 158 valence electrons. The molecule has 8 heteroatoms. The molecule has 4 aromatic rings. The number of carboxylic acids is 1. The summed E-state index contributed by atoms with van der Waals surface area (Å²) in [6, 6.07) is 11.6. The zero-order valence-electron chi connectivity index (χ0n) is 16.7. The van der Waals surface area contributed by atoms with Gasteiger partial charge in [-0.1, -0.05) is 35.3 Å². The van der Waals surface area contributed by atoms with Crippen molar-refractivity contribution in [3.8, 4) is 16.9 Å². The highest BCUT2D eigenvalue weighted by molar-refractivity contribution is 6.45. The molecule has 0 atom stereocenters. The van der Waals surface area contributed by atoms with E-state index < -0.39 is 5.97 Å². The minimum Gasteiger partial charge on any atom is -0.481 e. The maximum absolute atomic E-state index is 10.7. The Morgan fingerprint density at radius 1 is 1.19 bits per heavy atom. The molecule has 2 aromatic carbocycles. The highest BCUT2D eigenvalue weighted by atomic mass is 35.5. The summed E-state index contributed by atoms with van der Waals surface area (Å²) >= 11 is 12.8. The molecule has 0 radical (unpaired) electrons. The van der Waals surface area contributed by atoms with Crippen molar-refractivity contribution in [2.24, 2.45) is 0 Å². The van der Waals surface area contributed by atoms with Crippen molar-refractivity contribution in [3.63, 3.8) is 0 Å². The van der Waals surface area contributed by atoms with Crippen LogP contribution >= 0.6 is 23.2 Å². The van der Waals surface area contributed by atoms with Crippen molar-refractivity contribution in [3.05, 3.63) is 76.3 Å². The Labute approximate surface area is 189 Å². The summed E-state index contributed by atoms with van der Waals surface area (Å²) in [4.78, 5) is 19.6. The molecule has 0 aliphatic carbocycles. The predicted molar refractivity (Wildman–Crippen MR) is 121 cm³/mol. The molecule has 0 aliphatic rings. The second kappa shape index (κ2) is 9.06. The van der Waals surface area contributed by atoms with Gasteiger partial charge in [0.25, 0.3) is 0 Å². The Balaban J connectivity index is 1.78. The van der Waals surface area contributed by atoms with E-state index in [1.54, 1.807) is 18.6 Å². The summed E-state index contributed by atoms with van der Waals surface area (Å²) in [5.74, 6) is -0.881. The van der Waals surface area contributed by atoms with Crippen molar-refractivity contribution < 1.29 is 14.6 Å². The number of hydrogen-bond acceptors (Lipinski definition) is 4. The lowest BCUT2D eigenvalue weighted by molar-refractivity contribution is -0.138. The van der Waals surface area contributed by atoms with E-state index in [1.807, 2.05) is 48.0 Å². The van der Waals surface area contributed by atoms with E-state index in [-0.39, 0.29) is 13.0 Å². The number of aromatic nitrogens is 3. The van der Waals surface area contributed by atoms with Crippen LogP contribution in [-0.2, 0) is 16.1 Å². The maximum Gasteiger partial charge on any atom is 0.305 e. The van der Waals surface area contributed by atoms with Gasteiger partial charge in [0.05, 0.1) is 52.9 Å². The SMILES string of the molecule is Cc1ccc(-c2cc(-n3ccnc3)c3ccc(Cl)c(Cl)c3n2)cc1COCCC(=O)O. The van der Waals surface area contributed by atoms with Crippen molar-refractivity contribution >= 4 is 40.1 Å². The van der Waals surface area contributed by atoms with Gasteiger partial charge in [0.1, 0.15) is 0 Å². The number of aliphatic carboxylic acids is 1. The standard InChI is InChI=1S/C23H19Cl2N3O3/c1-14-2-3-15(10-16(14)12-31-9-6-21(29)30)19-11-20(28-8-7-26-13-28)17-4-5-18(24)22(25)23(17)27-19/h2-5,7-8,10-11,13H,6,9,12H2,1H3,(H,29,30). The zero-order valence-corrected chi connectivity index (χ0v) is 18.2. The van der Waals surface area contributed by atoms with Crippen LogP contribution in [0.4, 0.5) is 0 Å². The van der Waals surface area contributed by atoms with E-state index in [0.717, 1.165) is 33.5 Å². The van der Waals surface area contributed by atoms with E-state index in [0.29, 0.717) is 22.2 Å². The van der Waals surface area contributed by atoms with E-state index in [4.69, 9.17) is 38.0 Å². The molecule has 0 unspecified atom stereocenters. The van der Waals surface area contributed by atoms with Gasteiger partial charge in [-0.05, 0) is 42.3 Å². The van der Waals surface area contributed by atoms with Crippen LogP contribution in [0.25, 0.3) is 27.8 Å². The number of aryl methyl sites for hydroxylation is 1. The number of rotatable bonds is 7. The van der Waals surface area contributed by atoms with Gasteiger partial charge in [0, 0.05) is 23.3 Å². The van der Waals surface area contributed by atoms with Gasteiger partial charge in [-0.2, -0.15) is 0 Å². The second-order valence-electron chi connectivity index (χ2n) is 7.09. The summed E-state index contributed by atoms with van der Waals surface area (Å²) < 4.78 is 7.44. The van der Waals surface area contributed by atoms with Crippen LogP contribution in [0.3, 0.4) is 0 Å². The quantitative estimate of drug-likeness (QED) is 0.362. The van der Waals surface area contributed by atoms with Gasteiger partial charge in [-0.3, -0.25) is 4.79 Å². The molecule has 31 heavy (non-hydrogen) atoms. The van der Waals surface area contributed by atoms with Gasteiger partial charge in [-0.25, -0.2) is 9.97 Å². The largest absolute Gasteiger partial charge is 0.481 e. The maximum atomic E-state index is 10.7. The van der Waals surface area contributed by atoms with E-state index in [9.17, 15) is 4.79 Å². The number of ether oxygens (including phenoxy) is 1. The molecule has 4 rings (SSSR count). The summed E-state index contributed by atoms with van der Waals surface area (Å²) in [5, 5.41) is 10.5. The summed E-state index contributed by atoms with van der Waals surface area (Å²) in [6.45, 7) is 2.47. The molecule has 0 saturated carbocycles. The number of halogens is 2. The number of fused-ring (bicyclic) bond motifs is 1. The monoisotopic (exact) mass is 455 g/mol. The van der Waals surface area contributed by atoms with E-state index in [1.165, 1.54) is 0 Å². The minimum atomic E-state index is -0.881. The fourth-order valence-electron chi connectivity index (χ4n) is 3.31. The molecular formula is C23H19Cl2N3O3. The highest BCUT2D eigenvalue weighted by Crippen LogP contribution is 2.35. The number of carboxylic acid groups (broad SMARTS) is 1. The molecule has 6 nitrogen and oxygen atoms in total. The zero-order chi connectivity index (χ0) is 22.0.